The first-order chi connectivity index (χ1) is 8.97. The van der Waals surface area contributed by atoms with Gasteiger partial charge in [-0.1, -0.05) is 23.8 Å². The molecule has 1 aromatic carbocycles. The second-order valence-corrected chi connectivity index (χ2v) is 5.92. The normalized spacial score (nSPS) is 19.3. The average Bonchev–Trinajstić information content (AvgIpc) is 2.37. The van der Waals surface area contributed by atoms with Gasteiger partial charge in [-0.05, 0) is 43.5 Å². The van der Waals surface area contributed by atoms with Gasteiger partial charge in [0, 0.05) is 29.6 Å². The van der Waals surface area contributed by atoms with E-state index in [4.69, 9.17) is 29.6 Å². The molecule has 2 N–H and O–H groups in total. The third-order valence-corrected chi connectivity index (χ3v) is 3.95. The Morgan fingerprint density at radius 2 is 2.21 bits per heavy atom. The van der Waals surface area contributed by atoms with Crippen molar-refractivity contribution in [2.24, 2.45) is 11.7 Å². The second kappa shape index (κ2) is 5.88. The number of carbonyl (C=O) groups is 1. The van der Waals surface area contributed by atoms with E-state index in [1.165, 1.54) is 0 Å². The highest BCUT2D eigenvalue weighted by atomic mass is 35.5. The summed E-state index contributed by atoms with van der Waals surface area (Å²) < 4.78 is 0. The Kier molecular flexibility index (Phi) is 4.42. The summed E-state index contributed by atoms with van der Waals surface area (Å²) in [5, 5.41) is 0.589. The van der Waals surface area contributed by atoms with Crippen LogP contribution >= 0.6 is 23.8 Å². The minimum Gasteiger partial charge on any atom is -0.393 e. The number of aryl methyl sites for hydroxylation is 1. The molecule has 1 fully saturated rings. The number of piperidine rings is 1. The highest BCUT2D eigenvalue weighted by Crippen LogP contribution is 2.21. The van der Waals surface area contributed by atoms with Gasteiger partial charge in [0.25, 0.3) is 5.91 Å². The molecule has 2 rings (SSSR count). The zero-order valence-corrected chi connectivity index (χ0v) is 12.4. The minimum atomic E-state index is 0.00606. The maximum absolute atomic E-state index is 12.5. The van der Waals surface area contributed by atoms with Gasteiger partial charge < -0.3 is 10.6 Å². The van der Waals surface area contributed by atoms with Crippen molar-refractivity contribution in [1.29, 1.82) is 0 Å². The largest absolute Gasteiger partial charge is 0.393 e. The molecule has 19 heavy (non-hydrogen) atoms. The number of likely N-dealkylation sites (tertiary alicyclic amines) is 1. The molecule has 0 aliphatic carbocycles. The highest BCUT2D eigenvalue weighted by molar-refractivity contribution is 7.80. The summed E-state index contributed by atoms with van der Waals surface area (Å²) >= 11 is 11.0. The average molecular weight is 297 g/mol. The first-order valence-corrected chi connectivity index (χ1v) is 7.12. The van der Waals surface area contributed by atoms with Crippen molar-refractivity contribution in [2.75, 3.05) is 13.1 Å². The molecule has 1 atom stereocenters. The lowest BCUT2D eigenvalue weighted by Crippen LogP contribution is -2.43. The van der Waals surface area contributed by atoms with E-state index in [9.17, 15) is 4.79 Å². The van der Waals surface area contributed by atoms with Crippen LogP contribution in [0.1, 0.15) is 28.8 Å². The molecule has 3 nitrogen and oxygen atoms in total. The Morgan fingerprint density at radius 1 is 1.47 bits per heavy atom. The molecule has 102 valence electrons. The van der Waals surface area contributed by atoms with Crippen molar-refractivity contribution >= 4 is 34.7 Å². The van der Waals surface area contributed by atoms with Crippen molar-refractivity contribution in [2.45, 2.75) is 19.8 Å². The van der Waals surface area contributed by atoms with Gasteiger partial charge >= 0.3 is 0 Å². The molecule has 1 aliphatic rings. The van der Waals surface area contributed by atoms with Crippen LogP contribution in [0.25, 0.3) is 0 Å². The number of nitrogens with two attached hydrogens (primary N) is 1. The van der Waals surface area contributed by atoms with E-state index in [0.717, 1.165) is 24.9 Å². The predicted octanol–water partition coefficient (Wildman–Crippen LogP) is 2.79. The van der Waals surface area contributed by atoms with Crippen LogP contribution in [0.2, 0.25) is 5.02 Å². The van der Waals surface area contributed by atoms with E-state index >= 15 is 0 Å². The number of halogens is 1. The zero-order chi connectivity index (χ0) is 14.0. The Bertz CT molecular complexity index is 498. The van der Waals surface area contributed by atoms with Crippen molar-refractivity contribution < 1.29 is 4.79 Å². The van der Waals surface area contributed by atoms with Gasteiger partial charge in [-0.2, -0.15) is 0 Å². The van der Waals surface area contributed by atoms with Gasteiger partial charge in [0.05, 0.1) is 4.99 Å². The first-order valence-electron chi connectivity index (χ1n) is 6.33. The second-order valence-electron chi connectivity index (χ2n) is 5.01. The molecule has 0 spiro atoms. The van der Waals surface area contributed by atoms with Gasteiger partial charge in [-0.25, -0.2) is 0 Å². The van der Waals surface area contributed by atoms with Gasteiger partial charge in [0.15, 0.2) is 0 Å². The number of rotatable bonds is 2. The lowest BCUT2D eigenvalue weighted by Gasteiger charge is -2.32. The Morgan fingerprint density at radius 3 is 2.84 bits per heavy atom. The van der Waals surface area contributed by atoms with Crippen molar-refractivity contribution in [1.82, 2.24) is 4.90 Å². The highest BCUT2D eigenvalue weighted by Gasteiger charge is 2.26. The maximum atomic E-state index is 12.5. The maximum Gasteiger partial charge on any atom is 0.253 e. The van der Waals surface area contributed by atoms with Crippen LogP contribution in [0.3, 0.4) is 0 Å². The van der Waals surface area contributed by atoms with Crippen LogP contribution in [0, 0.1) is 12.8 Å². The Balaban J connectivity index is 2.16. The molecule has 1 amide bonds. The minimum absolute atomic E-state index is 0.00606. The zero-order valence-electron chi connectivity index (χ0n) is 10.9. The van der Waals surface area contributed by atoms with E-state index in [-0.39, 0.29) is 11.8 Å². The molecule has 0 saturated carbocycles. The Hall–Kier alpha value is -1.13. The van der Waals surface area contributed by atoms with Crippen LogP contribution in [-0.4, -0.2) is 28.9 Å². The molecule has 1 aromatic rings. The SMILES string of the molecule is Cc1cc(Cl)cc(C(=O)N2CCCC(C(N)=S)C2)c1. The van der Waals surface area contributed by atoms with Crippen molar-refractivity contribution in [3.05, 3.63) is 34.3 Å². The van der Waals surface area contributed by atoms with Gasteiger partial charge in [-0.15, -0.1) is 0 Å². The number of hydrogen-bond donors (Lipinski definition) is 1. The predicted molar refractivity (Wildman–Crippen MR) is 81.6 cm³/mol. The van der Waals surface area contributed by atoms with Crippen molar-refractivity contribution in [3.63, 3.8) is 0 Å². The fraction of sp³-hybridized carbons (Fsp3) is 0.429. The monoisotopic (exact) mass is 296 g/mol. The summed E-state index contributed by atoms with van der Waals surface area (Å²) in [5.41, 5.74) is 7.31. The molecule has 1 saturated heterocycles. The molecule has 1 unspecified atom stereocenters. The van der Waals surface area contributed by atoms with Gasteiger partial charge in [0.2, 0.25) is 0 Å². The van der Waals surface area contributed by atoms with E-state index in [2.05, 4.69) is 0 Å². The molecule has 0 bridgehead atoms. The summed E-state index contributed by atoms with van der Waals surface area (Å²) in [6.07, 6.45) is 1.90. The Labute approximate surface area is 123 Å². The number of amides is 1. The third-order valence-electron chi connectivity index (χ3n) is 3.40. The third kappa shape index (κ3) is 3.45. The molecular weight excluding hydrogens is 280 g/mol. The number of carbonyl (C=O) groups excluding carboxylic acids is 1. The van der Waals surface area contributed by atoms with Crippen LogP contribution in [0.5, 0.6) is 0 Å². The summed E-state index contributed by atoms with van der Waals surface area (Å²) in [7, 11) is 0. The van der Waals surface area contributed by atoms with E-state index in [1.807, 2.05) is 24.0 Å². The van der Waals surface area contributed by atoms with E-state index < -0.39 is 0 Å². The standard InChI is InChI=1S/C14H17ClN2OS/c1-9-5-11(7-12(15)6-9)14(18)17-4-2-3-10(8-17)13(16)19/h5-7,10H,2-4,8H2,1H3,(H2,16,19). The van der Waals surface area contributed by atoms with E-state index in [1.54, 1.807) is 6.07 Å². The van der Waals surface area contributed by atoms with Crippen LogP contribution in [0.4, 0.5) is 0 Å². The molecule has 1 heterocycles. The van der Waals surface area contributed by atoms with Crippen LogP contribution < -0.4 is 5.73 Å². The van der Waals surface area contributed by atoms with Crippen LogP contribution in [0.15, 0.2) is 18.2 Å². The summed E-state index contributed by atoms with van der Waals surface area (Å²) in [5.74, 6) is 0.138. The smallest absolute Gasteiger partial charge is 0.253 e. The number of benzene rings is 1. The van der Waals surface area contributed by atoms with Crippen LogP contribution in [-0.2, 0) is 0 Å². The lowest BCUT2D eigenvalue weighted by molar-refractivity contribution is 0.0703. The fourth-order valence-electron chi connectivity index (χ4n) is 2.44. The molecule has 0 aromatic heterocycles. The molecule has 5 heteroatoms. The summed E-state index contributed by atoms with van der Waals surface area (Å²) in [6.45, 7) is 3.29. The van der Waals surface area contributed by atoms with E-state index in [0.29, 0.717) is 22.1 Å². The van der Waals surface area contributed by atoms with Gasteiger partial charge in [-0.3, -0.25) is 4.79 Å². The molecule has 1 aliphatic heterocycles. The topological polar surface area (TPSA) is 46.3 Å². The van der Waals surface area contributed by atoms with Gasteiger partial charge in [0.1, 0.15) is 0 Å². The number of nitrogens with zero attached hydrogens (tertiary/aromatic N) is 1. The summed E-state index contributed by atoms with van der Waals surface area (Å²) in [6, 6.07) is 5.41. The van der Waals surface area contributed by atoms with Crippen molar-refractivity contribution in [3.8, 4) is 0 Å². The first kappa shape index (κ1) is 14.3. The fourth-order valence-corrected chi connectivity index (χ4v) is 2.92. The molecular formula is C14H17ClN2OS. The lowest BCUT2D eigenvalue weighted by atomic mass is 9.97. The summed E-state index contributed by atoms with van der Waals surface area (Å²) in [4.78, 5) is 14.8. The quantitative estimate of drug-likeness (QED) is 0.854. The number of hydrogen-bond acceptors (Lipinski definition) is 2. The number of thiocarbonyl (C=S) groups is 1. The molecule has 0 radical (unpaired) electrons.